The number of phenolic OH excluding ortho intramolecular Hbond substituents is 3. The van der Waals surface area contributed by atoms with Crippen molar-refractivity contribution < 1.29 is 24.9 Å². The predicted molar refractivity (Wildman–Crippen MR) is 138 cm³/mol. The summed E-state index contributed by atoms with van der Waals surface area (Å²) in [6.07, 6.45) is 5.43. The topological polar surface area (TPSA) is 98.1 Å². The smallest absolute Gasteiger partial charge is 0.266 e. The summed E-state index contributed by atoms with van der Waals surface area (Å²) in [7, 11) is 0. The largest absolute Gasteiger partial charge is 0.507 e. The fourth-order valence-electron chi connectivity index (χ4n) is 5.57. The molecule has 0 bridgehead atoms. The lowest BCUT2D eigenvalue weighted by Gasteiger charge is -2.29. The van der Waals surface area contributed by atoms with Gasteiger partial charge in [0, 0.05) is 37.9 Å². The highest BCUT2D eigenvalue weighted by molar-refractivity contribution is 6.43. The third kappa shape index (κ3) is 2.31. The van der Waals surface area contributed by atoms with Gasteiger partial charge in [-0.3, -0.25) is 9.59 Å². The second-order valence-electron chi connectivity index (χ2n) is 8.88. The first-order valence-corrected chi connectivity index (χ1v) is 11.2. The Morgan fingerprint density at radius 3 is 1.81 bits per heavy atom. The number of carbonyl (C=O) groups excluding carboxylic acids is 2. The van der Waals surface area contributed by atoms with Crippen molar-refractivity contribution in [3.05, 3.63) is 83.4 Å². The lowest BCUT2D eigenvalue weighted by Crippen LogP contribution is -2.40. The molecule has 170 valence electrons. The number of amides is 2. The molecule has 6 aromatic carbocycles. The molecule has 0 fully saturated rings. The van der Waals surface area contributed by atoms with Crippen LogP contribution in [0.25, 0.3) is 43.1 Å². The van der Waals surface area contributed by atoms with Gasteiger partial charge in [-0.2, -0.15) is 0 Å². The number of aromatic hydroxyl groups is 3. The van der Waals surface area contributed by atoms with Crippen molar-refractivity contribution in [2.75, 3.05) is 4.90 Å². The quantitative estimate of drug-likeness (QED) is 0.125. The molecule has 0 unspecified atom stereocenters. The molecule has 0 saturated carbocycles. The maximum Gasteiger partial charge on any atom is 0.266 e. The number of rotatable bonds is 1. The molecule has 0 atom stereocenters. The molecular formula is C30H15NO5. The molecule has 0 radical (unpaired) electrons. The van der Waals surface area contributed by atoms with Crippen LogP contribution in [0.1, 0.15) is 26.3 Å². The van der Waals surface area contributed by atoms with Crippen LogP contribution < -0.4 is 4.90 Å². The fourth-order valence-corrected chi connectivity index (χ4v) is 5.57. The number of terminal acetylenes is 1. The summed E-state index contributed by atoms with van der Waals surface area (Å²) in [6.45, 7) is 0. The first kappa shape index (κ1) is 20.1. The zero-order valence-electron chi connectivity index (χ0n) is 18.5. The number of carbonyl (C=O) groups is 2. The van der Waals surface area contributed by atoms with Gasteiger partial charge in [0.15, 0.2) is 0 Å². The number of fused-ring (bicyclic) bond motifs is 2. The van der Waals surface area contributed by atoms with Gasteiger partial charge in [0.25, 0.3) is 11.8 Å². The number of imide groups is 1. The minimum absolute atomic E-state index is 0.0699. The van der Waals surface area contributed by atoms with Crippen LogP contribution in [0, 0.1) is 12.3 Å². The predicted octanol–water partition coefficient (Wildman–Crippen LogP) is 5.64. The molecule has 0 spiro atoms. The van der Waals surface area contributed by atoms with Crippen LogP contribution in [-0.2, 0) is 0 Å². The fraction of sp³-hybridized carbons (Fsp3) is 0. The van der Waals surface area contributed by atoms with Crippen molar-refractivity contribution in [1.29, 1.82) is 0 Å². The van der Waals surface area contributed by atoms with Gasteiger partial charge < -0.3 is 15.3 Å². The minimum Gasteiger partial charge on any atom is -0.507 e. The van der Waals surface area contributed by atoms with Crippen molar-refractivity contribution in [1.82, 2.24) is 0 Å². The normalized spacial score (nSPS) is 13.4. The zero-order chi connectivity index (χ0) is 24.9. The molecule has 1 heterocycles. The van der Waals surface area contributed by atoms with E-state index in [9.17, 15) is 24.9 Å². The van der Waals surface area contributed by atoms with Gasteiger partial charge in [-0.05, 0) is 59.3 Å². The number of hydrogen-bond acceptors (Lipinski definition) is 5. The van der Waals surface area contributed by atoms with Crippen LogP contribution in [-0.4, -0.2) is 27.1 Å². The maximum absolute atomic E-state index is 13.7. The Kier molecular flexibility index (Phi) is 3.72. The highest BCUT2D eigenvalue weighted by Gasteiger charge is 2.37. The van der Waals surface area contributed by atoms with Crippen LogP contribution in [0.2, 0.25) is 0 Å². The first-order valence-electron chi connectivity index (χ1n) is 11.2. The second-order valence-corrected chi connectivity index (χ2v) is 8.88. The van der Waals surface area contributed by atoms with Crippen LogP contribution in [0.4, 0.5) is 5.69 Å². The SMILES string of the molecule is C#Cc1ccc(N2C(=O)c3cc(O)c4c5cccc6c(O)ccc(c7c(O)cc(c3c47)C2=O)c65)cc1. The molecule has 6 heteroatoms. The van der Waals surface area contributed by atoms with E-state index in [0.29, 0.717) is 54.3 Å². The maximum atomic E-state index is 13.7. The van der Waals surface area contributed by atoms with Gasteiger partial charge in [0.05, 0.1) is 16.8 Å². The standard InChI is InChI=1S/C30H15NO5/c1-2-14-6-8-15(9-7-14)31-29(35)19-12-22(33)26-17-5-3-4-16-21(32)11-10-18(24(16)17)27-23(34)13-20(30(31)36)25(19)28(26)27/h1,3-13,32-34H. The summed E-state index contributed by atoms with van der Waals surface area (Å²) in [5, 5.41) is 37.0. The van der Waals surface area contributed by atoms with E-state index in [1.54, 1.807) is 54.6 Å². The molecule has 0 aliphatic carbocycles. The van der Waals surface area contributed by atoms with E-state index >= 15 is 0 Å². The van der Waals surface area contributed by atoms with Gasteiger partial charge in [-0.15, -0.1) is 6.42 Å². The van der Waals surface area contributed by atoms with Gasteiger partial charge in [-0.25, -0.2) is 4.90 Å². The monoisotopic (exact) mass is 469 g/mol. The van der Waals surface area contributed by atoms with E-state index in [4.69, 9.17) is 6.42 Å². The van der Waals surface area contributed by atoms with E-state index < -0.39 is 11.8 Å². The van der Waals surface area contributed by atoms with Crippen molar-refractivity contribution in [2.24, 2.45) is 0 Å². The number of hydrogen-bond donors (Lipinski definition) is 3. The lowest BCUT2D eigenvalue weighted by atomic mass is 9.83. The van der Waals surface area contributed by atoms with E-state index in [2.05, 4.69) is 5.92 Å². The van der Waals surface area contributed by atoms with Crippen LogP contribution >= 0.6 is 0 Å². The average molecular weight is 469 g/mol. The second kappa shape index (κ2) is 6.65. The van der Waals surface area contributed by atoms with Crippen molar-refractivity contribution in [3.63, 3.8) is 0 Å². The Morgan fingerprint density at radius 1 is 0.611 bits per heavy atom. The summed E-state index contributed by atoms with van der Waals surface area (Å²) < 4.78 is 0. The third-order valence-electron chi connectivity index (χ3n) is 7.08. The van der Waals surface area contributed by atoms with Crippen LogP contribution in [0.15, 0.2) is 66.7 Å². The van der Waals surface area contributed by atoms with Gasteiger partial charge in [-0.1, -0.05) is 24.1 Å². The van der Waals surface area contributed by atoms with Gasteiger partial charge >= 0.3 is 0 Å². The molecule has 36 heavy (non-hydrogen) atoms. The first-order chi connectivity index (χ1) is 17.4. The van der Waals surface area contributed by atoms with Crippen LogP contribution in [0.5, 0.6) is 17.2 Å². The molecule has 3 N–H and O–H groups in total. The third-order valence-corrected chi connectivity index (χ3v) is 7.08. The van der Waals surface area contributed by atoms with Gasteiger partial charge in [0.2, 0.25) is 0 Å². The number of anilines is 1. The summed E-state index contributed by atoms with van der Waals surface area (Å²) in [5.74, 6) is 1.06. The molecule has 7 rings (SSSR count). The Morgan fingerprint density at radius 2 is 1.19 bits per heavy atom. The summed E-state index contributed by atoms with van der Waals surface area (Å²) >= 11 is 0. The summed E-state index contributed by atoms with van der Waals surface area (Å²) in [6, 6.07) is 17.7. The van der Waals surface area contributed by atoms with Crippen molar-refractivity contribution >= 4 is 60.6 Å². The van der Waals surface area contributed by atoms with E-state index in [1.165, 1.54) is 12.1 Å². The Balaban J connectivity index is 1.65. The van der Waals surface area contributed by atoms with Crippen molar-refractivity contribution in [2.45, 2.75) is 0 Å². The number of benzene rings is 6. The molecule has 1 aliphatic rings. The Bertz CT molecular complexity index is 1940. The van der Waals surface area contributed by atoms with E-state index in [0.717, 1.165) is 4.90 Å². The Labute approximate surface area is 203 Å². The highest BCUT2D eigenvalue weighted by atomic mass is 16.3. The minimum atomic E-state index is -0.589. The van der Waals surface area contributed by atoms with Crippen LogP contribution in [0.3, 0.4) is 0 Å². The summed E-state index contributed by atoms with van der Waals surface area (Å²) in [4.78, 5) is 28.4. The summed E-state index contributed by atoms with van der Waals surface area (Å²) in [5.41, 5.74) is 1.23. The van der Waals surface area contributed by atoms with Gasteiger partial charge in [0.1, 0.15) is 17.2 Å². The molecule has 0 saturated heterocycles. The zero-order valence-corrected chi connectivity index (χ0v) is 18.5. The highest BCUT2D eigenvalue weighted by Crippen LogP contribution is 2.51. The molecule has 2 amide bonds. The Hall–Kier alpha value is -5.28. The van der Waals surface area contributed by atoms with Crippen molar-refractivity contribution in [3.8, 4) is 29.6 Å². The molecule has 6 aromatic rings. The van der Waals surface area contributed by atoms with E-state index in [-0.39, 0.29) is 28.4 Å². The molecule has 1 aliphatic heterocycles. The average Bonchev–Trinajstić information content (AvgIpc) is 2.88. The number of phenols is 3. The van der Waals surface area contributed by atoms with E-state index in [1.807, 2.05) is 0 Å². The lowest BCUT2D eigenvalue weighted by molar-refractivity contribution is 0.0893. The number of nitrogens with zero attached hydrogens (tertiary/aromatic N) is 1. The molecule has 6 nitrogen and oxygen atoms in total. The molecular weight excluding hydrogens is 454 g/mol. The molecule has 0 aromatic heterocycles.